The fraction of sp³-hybridized carbons (Fsp3) is 0.929. The third kappa shape index (κ3) is 8.56. The first-order chi connectivity index (χ1) is 9.27. The van der Waals surface area contributed by atoms with E-state index in [1.165, 1.54) is 37.4 Å². The second-order valence-corrected chi connectivity index (χ2v) is 6.26. The highest BCUT2D eigenvalue weighted by molar-refractivity contribution is 14.0. The molecule has 1 aliphatic heterocycles. The molecule has 0 bridgehead atoms. The molecule has 0 atom stereocenters. The predicted molar refractivity (Wildman–Crippen MR) is 102 cm³/mol. The van der Waals surface area contributed by atoms with Crippen LogP contribution in [-0.4, -0.2) is 66.5 Å². The molecule has 0 saturated carbocycles. The molecule has 0 amide bonds. The van der Waals surface area contributed by atoms with Crippen molar-refractivity contribution in [1.82, 2.24) is 9.80 Å². The molecule has 2 N–H and O–H groups in total. The predicted octanol–water partition coefficient (Wildman–Crippen LogP) is 2.48. The fourth-order valence-corrected chi connectivity index (χ4v) is 3.25. The van der Waals surface area contributed by atoms with E-state index < -0.39 is 0 Å². The van der Waals surface area contributed by atoms with Crippen molar-refractivity contribution in [3.05, 3.63) is 0 Å². The van der Waals surface area contributed by atoms with Crippen LogP contribution in [0.3, 0.4) is 0 Å². The minimum absolute atomic E-state index is 0. The summed E-state index contributed by atoms with van der Waals surface area (Å²) in [5.41, 5.74) is 6.04. The Labute approximate surface area is 145 Å². The second-order valence-electron chi connectivity index (χ2n) is 5.03. The second kappa shape index (κ2) is 13.0. The molecule has 1 rings (SSSR count). The third-order valence-electron chi connectivity index (χ3n) is 3.32. The van der Waals surface area contributed by atoms with Gasteiger partial charge in [0.1, 0.15) is 0 Å². The normalized spacial score (nSPS) is 16.4. The van der Waals surface area contributed by atoms with Gasteiger partial charge in [0, 0.05) is 31.1 Å². The van der Waals surface area contributed by atoms with E-state index in [-0.39, 0.29) is 24.0 Å². The molecule has 20 heavy (non-hydrogen) atoms. The van der Waals surface area contributed by atoms with Gasteiger partial charge in [-0.15, -0.1) is 24.0 Å². The summed E-state index contributed by atoms with van der Waals surface area (Å²) >= 11 is 2.00. The summed E-state index contributed by atoms with van der Waals surface area (Å²) in [5, 5.41) is 0. The molecule has 0 spiro atoms. The van der Waals surface area contributed by atoms with E-state index in [4.69, 9.17) is 5.73 Å². The Morgan fingerprint density at radius 1 is 1.15 bits per heavy atom. The van der Waals surface area contributed by atoms with Gasteiger partial charge in [0.05, 0.1) is 0 Å². The zero-order chi connectivity index (χ0) is 13.9. The molecule has 0 aromatic rings. The van der Waals surface area contributed by atoms with Crippen molar-refractivity contribution < 1.29 is 0 Å². The molecule has 6 heteroatoms. The number of aliphatic imine (C=N–C) groups is 1. The van der Waals surface area contributed by atoms with Crippen LogP contribution >= 0.6 is 35.7 Å². The SMILES string of the molecule is CCCN(CCC)CCCN=C(N)N1CCSCC1.I. The van der Waals surface area contributed by atoms with Crippen LogP contribution in [0.4, 0.5) is 0 Å². The number of rotatable bonds is 8. The van der Waals surface area contributed by atoms with Crippen LogP contribution in [0.2, 0.25) is 0 Å². The fourth-order valence-electron chi connectivity index (χ4n) is 2.35. The van der Waals surface area contributed by atoms with Gasteiger partial charge in [0.15, 0.2) is 5.96 Å². The molecule has 1 aliphatic rings. The lowest BCUT2D eigenvalue weighted by molar-refractivity contribution is 0.273. The maximum absolute atomic E-state index is 6.04. The lowest BCUT2D eigenvalue weighted by atomic mass is 10.3. The third-order valence-corrected chi connectivity index (χ3v) is 4.26. The highest BCUT2D eigenvalue weighted by atomic mass is 127. The Kier molecular flexibility index (Phi) is 13.2. The van der Waals surface area contributed by atoms with Crippen LogP contribution < -0.4 is 5.73 Å². The molecule has 0 radical (unpaired) electrons. The molecule has 120 valence electrons. The van der Waals surface area contributed by atoms with Crippen molar-refractivity contribution in [3.8, 4) is 0 Å². The van der Waals surface area contributed by atoms with Crippen molar-refractivity contribution in [1.29, 1.82) is 0 Å². The van der Waals surface area contributed by atoms with Crippen molar-refractivity contribution in [2.75, 3.05) is 50.8 Å². The smallest absolute Gasteiger partial charge is 0.191 e. The minimum Gasteiger partial charge on any atom is -0.370 e. The molecule has 0 aromatic heterocycles. The van der Waals surface area contributed by atoms with Crippen molar-refractivity contribution in [3.63, 3.8) is 0 Å². The van der Waals surface area contributed by atoms with E-state index in [9.17, 15) is 0 Å². The number of thioether (sulfide) groups is 1. The van der Waals surface area contributed by atoms with Crippen LogP contribution in [-0.2, 0) is 0 Å². The van der Waals surface area contributed by atoms with Gasteiger partial charge in [-0.25, -0.2) is 0 Å². The van der Waals surface area contributed by atoms with Crippen molar-refractivity contribution in [2.24, 2.45) is 10.7 Å². The van der Waals surface area contributed by atoms with E-state index >= 15 is 0 Å². The zero-order valence-corrected chi connectivity index (χ0v) is 16.2. The standard InChI is InChI=1S/C14H30N4S.HI/c1-3-7-17(8-4-2)9-5-6-16-14(15)18-10-12-19-13-11-18;/h3-13H2,1-2H3,(H2,15,16);1H. The molecular weight excluding hydrogens is 383 g/mol. The quantitative estimate of drug-likeness (QED) is 0.287. The van der Waals surface area contributed by atoms with Gasteiger partial charge in [-0.2, -0.15) is 11.8 Å². The van der Waals surface area contributed by atoms with Gasteiger partial charge in [-0.1, -0.05) is 13.8 Å². The average Bonchev–Trinajstić information content (AvgIpc) is 2.44. The lowest BCUT2D eigenvalue weighted by Gasteiger charge is -2.27. The van der Waals surface area contributed by atoms with E-state index in [1.54, 1.807) is 0 Å². The van der Waals surface area contributed by atoms with Gasteiger partial charge in [-0.05, 0) is 38.9 Å². The number of hydrogen-bond donors (Lipinski definition) is 1. The highest BCUT2D eigenvalue weighted by Gasteiger charge is 2.11. The van der Waals surface area contributed by atoms with Gasteiger partial charge < -0.3 is 15.5 Å². The number of halogens is 1. The molecule has 1 heterocycles. The van der Waals surface area contributed by atoms with E-state index in [0.717, 1.165) is 38.6 Å². The molecule has 4 nitrogen and oxygen atoms in total. The Hall–Kier alpha value is 0.310. The van der Waals surface area contributed by atoms with E-state index in [0.29, 0.717) is 0 Å². The van der Waals surface area contributed by atoms with Gasteiger partial charge >= 0.3 is 0 Å². The summed E-state index contributed by atoms with van der Waals surface area (Å²) in [6, 6.07) is 0. The maximum atomic E-state index is 6.04. The summed E-state index contributed by atoms with van der Waals surface area (Å²) in [7, 11) is 0. The van der Waals surface area contributed by atoms with Crippen molar-refractivity contribution >= 4 is 41.7 Å². The van der Waals surface area contributed by atoms with E-state index in [1.807, 2.05) is 11.8 Å². The molecule has 0 aromatic carbocycles. The molecule has 1 saturated heterocycles. The number of nitrogens with two attached hydrogens (primary N) is 1. The lowest BCUT2D eigenvalue weighted by Crippen LogP contribution is -2.42. The van der Waals surface area contributed by atoms with Gasteiger partial charge in [-0.3, -0.25) is 4.99 Å². The number of guanidine groups is 1. The first kappa shape index (κ1) is 20.3. The molecular formula is C14H31IN4S. The van der Waals surface area contributed by atoms with Crippen LogP contribution in [0.5, 0.6) is 0 Å². The summed E-state index contributed by atoms with van der Waals surface area (Å²) in [4.78, 5) is 9.27. The van der Waals surface area contributed by atoms with Crippen LogP contribution in [0, 0.1) is 0 Å². The van der Waals surface area contributed by atoms with E-state index in [2.05, 4.69) is 28.6 Å². The Morgan fingerprint density at radius 2 is 1.75 bits per heavy atom. The van der Waals surface area contributed by atoms with Gasteiger partial charge in [0.2, 0.25) is 0 Å². The largest absolute Gasteiger partial charge is 0.370 e. The Balaban J connectivity index is 0.00000361. The van der Waals surface area contributed by atoms with Crippen LogP contribution in [0.1, 0.15) is 33.1 Å². The summed E-state index contributed by atoms with van der Waals surface area (Å²) in [6.45, 7) is 11.0. The van der Waals surface area contributed by atoms with Gasteiger partial charge in [0.25, 0.3) is 0 Å². The molecule has 0 aliphatic carbocycles. The first-order valence-electron chi connectivity index (χ1n) is 7.62. The van der Waals surface area contributed by atoms with Crippen LogP contribution in [0.15, 0.2) is 4.99 Å². The summed E-state index contributed by atoms with van der Waals surface area (Å²) in [6.07, 6.45) is 3.58. The molecule has 1 fully saturated rings. The average molecular weight is 414 g/mol. The Bertz CT molecular complexity index is 252. The van der Waals surface area contributed by atoms with Crippen molar-refractivity contribution in [2.45, 2.75) is 33.1 Å². The minimum atomic E-state index is 0. The zero-order valence-electron chi connectivity index (χ0n) is 13.0. The summed E-state index contributed by atoms with van der Waals surface area (Å²) < 4.78 is 0. The number of hydrogen-bond acceptors (Lipinski definition) is 3. The first-order valence-corrected chi connectivity index (χ1v) is 8.78. The summed E-state index contributed by atoms with van der Waals surface area (Å²) in [5.74, 6) is 3.10. The maximum Gasteiger partial charge on any atom is 0.191 e. The monoisotopic (exact) mass is 414 g/mol. The Morgan fingerprint density at radius 3 is 2.30 bits per heavy atom. The highest BCUT2D eigenvalue weighted by Crippen LogP contribution is 2.08. The topological polar surface area (TPSA) is 44.9 Å². The number of nitrogens with zero attached hydrogens (tertiary/aromatic N) is 3. The molecule has 0 unspecified atom stereocenters. The van der Waals surface area contributed by atoms with Crippen LogP contribution in [0.25, 0.3) is 0 Å².